The number of benzene rings is 2. The zero-order valence-electron chi connectivity index (χ0n) is 18.5. The summed E-state index contributed by atoms with van der Waals surface area (Å²) in [4.78, 5) is 26.7. The first-order valence-corrected chi connectivity index (χ1v) is 11.1. The van der Waals surface area contributed by atoms with Crippen molar-refractivity contribution in [3.63, 3.8) is 0 Å². The van der Waals surface area contributed by atoms with Crippen LogP contribution in [0.1, 0.15) is 50.6 Å². The lowest BCUT2D eigenvalue weighted by atomic mass is 10.0. The van der Waals surface area contributed by atoms with Crippen LogP contribution in [-0.4, -0.2) is 25.1 Å². The predicted molar refractivity (Wildman–Crippen MR) is 125 cm³/mol. The van der Waals surface area contributed by atoms with Crippen molar-refractivity contribution in [2.75, 3.05) is 18.5 Å². The lowest BCUT2D eigenvalue weighted by Crippen LogP contribution is -2.15. The van der Waals surface area contributed by atoms with E-state index in [1.54, 1.807) is 13.0 Å². The van der Waals surface area contributed by atoms with E-state index < -0.39 is 5.97 Å². The molecule has 1 amide bonds. The number of hydrogen-bond acceptors (Lipinski definition) is 5. The summed E-state index contributed by atoms with van der Waals surface area (Å²) in [5.74, 6) is 0.0550. The van der Waals surface area contributed by atoms with Crippen LogP contribution in [0.3, 0.4) is 0 Å². The summed E-state index contributed by atoms with van der Waals surface area (Å²) in [6.07, 6.45) is 0. The van der Waals surface area contributed by atoms with E-state index in [1.807, 2.05) is 64.1 Å². The molecule has 3 rings (SSSR count). The van der Waals surface area contributed by atoms with E-state index >= 15 is 0 Å². The fraction of sp³-hybridized carbons (Fsp3) is 0.280. The lowest BCUT2D eigenvalue weighted by Gasteiger charge is -2.10. The Balaban J connectivity index is 2.02. The summed E-state index contributed by atoms with van der Waals surface area (Å²) < 4.78 is 10.8. The zero-order chi connectivity index (χ0) is 22.5. The Kier molecular flexibility index (Phi) is 7.13. The molecular weight excluding hydrogens is 410 g/mol. The van der Waals surface area contributed by atoms with E-state index in [2.05, 4.69) is 5.32 Å². The van der Waals surface area contributed by atoms with Crippen LogP contribution in [0.25, 0.3) is 11.1 Å². The van der Waals surface area contributed by atoms with Gasteiger partial charge in [0, 0.05) is 16.0 Å². The second-order valence-electron chi connectivity index (χ2n) is 7.17. The third-order valence-corrected chi connectivity index (χ3v) is 6.03. The largest absolute Gasteiger partial charge is 0.494 e. The van der Waals surface area contributed by atoms with Crippen LogP contribution in [0.5, 0.6) is 5.75 Å². The molecule has 162 valence electrons. The van der Waals surface area contributed by atoms with E-state index in [9.17, 15) is 9.59 Å². The third-order valence-electron chi connectivity index (χ3n) is 5.01. The molecule has 6 heteroatoms. The van der Waals surface area contributed by atoms with Crippen LogP contribution in [-0.2, 0) is 4.74 Å². The van der Waals surface area contributed by atoms with Gasteiger partial charge in [-0.25, -0.2) is 4.79 Å². The minimum atomic E-state index is -0.453. The summed E-state index contributed by atoms with van der Waals surface area (Å²) in [5.41, 5.74) is 4.72. The number of carbonyl (C=O) groups excluding carboxylic acids is 2. The van der Waals surface area contributed by atoms with Gasteiger partial charge in [0.25, 0.3) is 5.91 Å². The maximum Gasteiger partial charge on any atom is 0.341 e. The highest BCUT2D eigenvalue weighted by Crippen LogP contribution is 2.41. The predicted octanol–water partition coefficient (Wildman–Crippen LogP) is 6.17. The molecule has 0 unspecified atom stereocenters. The smallest absolute Gasteiger partial charge is 0.341 e. The Labute approximate surface area is 187 Å². The number of hydrogen-bond donors (Lipinski definition) is 1. The lowest BCUT2D eigenvalue weighted by molar-refractivity contribution is 0.0529. The van der Waals surface area contributed by atoms with Gasteiger partial charge in [0.05, 0.1) is 13.2 Å². The fourth-order valence-corrected chi connectivity index (χ4v) is 4.38. The Hall–Kier alpha value is -3.12. The fourth-order valence-electron chi connectivity index (χ4n) is 3.32. The average molecular weight is 438 g/mol. The van der Waals surface area contributed by atoms with E-state index in [0.717, 1.165) is 32.9 Å². The molecule has 1 N–H and O–H groups in total. The molecule has 0 aliphatic rings. The van der Waals surface area contributed by atoms with Gasteiger partial charge in [-0.2, -0.15) is 0 Å². The van der Waals surface area contributed by atoms with E-state index in [-0.39, 0.29) is 12.5 Å². The van der Waals surface area contributed by atoms with Crippen LogP contribution in [0, 0.1) is 20.8 Å². The monoisotopic (exact) mass is 437 g/mol. The van der Waals surface area contributed by atoms with Gasteiger partial charge in [0.1, 0.15) is 16.3 Å². The summed E-state index contributed by atoms with van der Waals surface area (Å²) in [6, 6.07) is 13.1. The van der Waals surface area contributed by atoms with E-state index in [4.69, 9.17) is 9.47 Å². The van der Waals surface area contributed by atoms with Gasteiger partial charge in [-0.15, -0.1) is 11.3 Å². The van der Waals surface area contributed by atoms with Crippen LogP contribution in [0.15, 0.2) is 42.5 Å². The average Bonchev–Trinajstić information content (AvgIpc) is 3.06. The van der Waals surface area contributed by atoms with Gasteiger partial charge in [-0.05, 0) is 75.6 Å². The minimum absolute atomic E-state index is 0.251. The number of anilines is 1. The van der Waals surface area contributed by atoms with Crippen molar-refractivity contribution in [1.29, 1.82) is 0 Å². The topological polar surface area (TPSA) is 64.6 Å². The molecular formula is C25H27NO4S. The van der Waals surface area contributed by atoms with Crippen molar-refractivity contribution in [2.45, 2.75) is 34.6 Å². The molecule has 3 aromatic rings. The maximum absolute atomic E-state index is 12.9. The highest BCUT2D eigenvalue weighted by Gasteiger charge is 2.26. The van der Waals surface area contributed by atoms with Gasteiger partial charge in [-0.1, -0.05) is 18.2 Å². The Morgan fingerprint density at radius 2 is 1.65 bits per heavy atom. The van der Waals surface area contributed by atoms with Crippen LogP contribution in [0.2, 0.25) is 0 Å². The quantitative estimate of drug-likeness (QED) is 0.449. The molecule has 0 fully saturated rings. The van der Waals surface area contributed by atoms with Crippen molar-refractivity contribution < 1.29 is 19.1 Å². The van der Waals surface area contributed by atoms with Crippen molar-refractivity contribution in [3.8, 4) is 16.9 Å². The normalized spacial score (nSPS) is 10.6. The Morgan fingerprint density at radius 1 is 0.935 bits per heavy atom. The van der Waals surface area contributed by atoms with E-state index in [0.29, 0.717) is 22.7 Å². The standard InChI is InChI=1S/C25H27NO4S/c1-6-29-20-12-10-18(11-13-20)21-17(5)31-24(22(21)25(28)30-7-2)26-23(27)19-9-8-15(3)16(4)14-19/h8-14H,6-7H2,1-5H3,(H,26,27). The van der Waals surface area contributed by atoms with Gasteiger partial charge < -0.3 is 14.8 Å². The number of nitrogens with one attached hydrogen (secondary N) is 1. The molecule has 0 atom stereocenters. The zero-order valence-corrected chi connectivity index (χ0v) is 19.3. The van der Waals surface area contributed by atoms with Gasteiger partial charge in [0.2, 0.25) is 0 Å². The van der Waals surface area contributed by atoms with Crippen molar-refractivity contribution in [2.24, 2.45) is 0 Å². The number of thiophene rings is 1. The molecule has 0 aliphatic heterocycles. The molecule has 0 spiro atoms. The third kappa shape index (κ3) is 4.97. The highest BCUT2D eigenvalue weighted by atomic mass is 32.1. The number of amides is 1. The second kappa shape index (κ2) is 9.79. The van der Waals surface area contributed by atoms with Gasteiger partial charge in [-0.3, -0.25) is 4.79 Å². The molecule has 1 aromatic heterocycles. The highest BCUT2D eigenvalue weighted by molar-refractivity contribution is 7.17. The van der Waals surface area contributed by atoms with Gasteiger partial charge in [0.15, 0.2) is 0 Å². The van der Waals surface area contributed by atoms with Crippen molar-refractivity contribution in [1.82, 2.24) is 0 Å². The Morgan fingerprint density at radius 3 is 2.26 bits per heavy atom. The molecule has 0 aliphatic carbocycles. The van der Waals surface area contributed by atoms with Crippen LogP contribution in [0.4, 0.5) is 5.00 Å². The summed E-state index contributed by atoms with van der Waals surface area (Å²) in [5, 5.41) is 3.42. The molecule has 0 saturated carbocycles. The molecule has 1 heterocycles. The number of rotatable bonds is 7. The van der Waals surface area contributed by atoms with Crippen LogP contribution < -0.4 is 10.1 Å². The second-order valence-corrected chi connectivity index (χ2v) is 8.39. The molecule has 2 aromatic carbocycles. The Bertz CT molecular complexity index is 1100. The number of esters is 1. The number of ether oxygens (including phenoxy) is 2. The first kappa shape index (κ1) is 22.6. The minimum Gasteiger partial charge on any atom is -0.494 e. The summed E-state index contributed by atoms with van der Waals surface area (Å²) in [6.45, 7) is 10.4. The SMILES string of the molecule is CCOC(=O)c1c(NC(=O)c2ccc(C)c(C)c2)sc(C)c1-c1ccc(OCC)cc1. The first-order valence-electron chi connectivity index (χ1n) is 10.3. The molecule has 0 saturated heterocycles. The van der Waals surface area contributed by atoms with Crippen molar-refractivity contribution in [3.05, 3.63) is 69.6 Å². The maximum atomic E-state index is 12.9. The molecule has 5 nitrogen and oxygen atoms in total. The number of carbonyl (C=O) groups is 2. The number of aryl methyl sites for hydroxylation is 3. The molecule has 31 heavy (non-hydrogen) atoms. The van der Waals surface area contributed by atoms with Gasteiger partial charge >= 0.3 is 5.97 Å². The van der Waals surface area contributed by atoms with Crippen molar-refractivity contribution >= 4 is 28.2 Å². The van der Waals surface area contributed by atoms with Crippen LogP contribution >= 0.6 is 11.3 Å². The van der Waals surface area contributed by atoms with E-state index in [1.165, 1.54) is 11.3 Å². The summed E-state index contributed by atoms with van der Waals surface area (Å²) >= 11 is 1.37. The first-order chi connectivity index (χ1) is 14.8. The molecule has 0 bridgehead atoms. The summed E-state index contributed by atoms with van der Waals surface area (Å²) in [7, 11) is 0. The molecule has 0 radical (unpaired) electrons.